The number of thioether (sulfide) groups is 1. The molecule has 3 rings (SSSR count). The molecule has 2 aliphatic heterocycles. The molecule has 0 aliphatic carbocycles. The van der Waals surface area contributed by atoms with Crippen LogP contribution in [0.1, 0.15) is 5.56 Å². The average Bonchev–Trinajstić information content (AvgIpc) is 2.95. The molecule has 0 radical (unpaired) electrons. The summed E-state index contributed by atoms with van der Waals surface area (Å²) < 4.78 is 17.4. The van der Waals surface area contributed by atoms with Crippen LogP contribution in [0.3, 0.4) is 0 Å². The van der Waals surface area contributed by atoms with Gasteiger partial charge in [-0.05, 0) is 23.8 Å². The van der Waals surface area contributed by atoms with E-state index < -0.39 is 0 Å². The van der Waals surface area contributed by atoms with E-state index in [0.29, 0.717) is 27.3 Å². The number of halogens is 1. The van der Waals surface area contributed by atoms with E-state index in [4.69, 9.17) is 26.4 Å². The molecule has 0 atom stereocenters. The summed E-state index contributed by atoms with van der Waals surface area (Å²) in [5, 5.41) is 0. The summed E-state index contributed by atoms with van der Waals surface area (Å²) >= 11 is 10.3. The predicted molar refractivity (Wildman–Crippen MR) is 114 cm³/mol. The quantitative estimate of drug-likeness (QED) is 0.465. The van der Waals surface area contributed by atoms with Crippen LogP contribution in [0.25, 0.3) is 6.08 Å². The Morgan fingerprint density at radius 2 is 1.89 bits per heavy atom. The number of rotatable bonds is 6. The minimum Gasteiger partial charge on any atom is -0.493 e. The second-order valence-corrected chi connectivity index (χ2v) is 8.55. The number of carbonyl (C=O) groups excluding carboxylic acids is 1. The van der Waals surface area contributed by atoms with E-state index in [-0.39, 0.29) is 5.91 Å². The molecule has 0 bridgehead atoms. The molecule has 9 heteroatoms. The molecule has 0 spiro atoms. The number of morpholine rings is 1. The number of nitrogens with zero attached hydrogens (tertiary/aromatic N) is 2. The van der Waals surface area contributed by atoms with E-state index in [0.717, 1.165) is 42.9 Å². The van der Waals surface area contributed by atoms with Gasteiger partial charge in [0, 0.05) is 30.7 Å². The van der Waals surface area contributed by atoms with Crippen LogP contribution in [-0.2, 0) is 9.53 Å². The molecule has 1 aromatic carbocycles. The Hall–Kier alpha value is -1.13. The van der Waals surface area contributed by atoms with Crippen molar-refractivity contribution in [3.05, 3.63) is 27.1 Å². The normalized spacial score (nSPS) is 19.8. The third kappa shape index (κ3) is 4.83. The number of ether oxygens (including phenoxy) is 3. The van der Waals surface area contributed by atoms with E-state index in [1.807, 2.05) is 18.2 Å². The minimum absolute atomic E-state index is 0.0556. The van der Waals surface area contributed by atoms with Crippen LogP contribution in [0.5, 0.6) is 11.5 Å². The van der Waals surface area contributed by atoms with Gasteiger partial charge in [-0.1, -0.05) is 39.9 Å². The molecular formula is C18H21BrN2O4S2. The van der Waals surface area contributed by atoms with Gasteiger partial charge in [0.2, 0.25) is 0 Å². The number of carbonyl (C=O) groups is 1. The number of hydrogen-bond acceptors (Lipinski definition) is 7. The van der Waals surface area contributed by atoms with Crippen LogP contribution >= 0.6 is 39.9 Å². The van der Waals surface area contributed by atoms with Crippen LogP contribution in [-0.4, -0.2) is 73.6 Å². The fourth-order valence-corrected chi connectivity index (χ4v) is 4.62. The van der Waals surface area contributed by atoms with Gasteiger partial charge in [0.05, 0.1) is 32.3 Å². The molecule has 1 amide bonds. The molecule has 27 heavy (non-hydrogen) atoms. The number of thiocarbonyl (C=S) groups is 1. The average molecular weight is 473 g/mol. The summed E-state index contributed by atoms with van der Waals surface area (Å²) in [4.78, 5) is 17.4. The number of amides is 1. The first-order valence-corrected chi connectivity index (χ1v) is 10.5. The second-order valence-electron chi connectivity index (χ2n) is 6.02. The van der Waals surface area contributed by atoms with Crippen molar-refractivity contribution in [2.45, 2.75) is 0 Å². The molecule has 146 valence electrons. The molecule has 0 saturated carbocycles. The Labute approximate surface area is 176 Å². The Morgan fingerprint density at radius 3 is 2.56 bits per heavy atom. The number of methoxy groups -OCH3 is 2. The Balaban J connectivity index is 1.74. The van der Waals surface area contributed by atoms with Gasteiger partial charge in [-0.15, -0.1) is 0 Å². The number of hydrogen-bond donors (Lipinski definition) is 0. The zero-order valence-corrected chi connectivity index (χ0v) is 18.4. The van der Waals surface area contributed by atoms with Crippen LogP contribution in [0, 0.1) is 0 Å². The largest absolute Gasteiger partial charge is 0.493 e. The lowest BCUT2D eigenvalue weighted by molar-refractivity contribution is -0.122. The van der Waals surface area contributed by atoms with Crippen molar-refractivity contribution in [1.82, 2.24) is 9.80 Å². The van der Waals surface area contributed by atoms with Gasteiger partial charge >= 0.3 is 0 Å². The molecule has 6 nitrogen and oxygen atoms in total. The summed E-state index contributed by atoms with van der Waals surface area (Å²) in [6.45, 7) is 4.65. The summed E-state index contributed by atoms with van der Waals surface area (Å²) in [6, 6.07) is 3.66. The van der Waals surface area contributed by atoms with Crippen molar-refractivity contribution in [1.29, 1.82) is 0 Å². The number of benzene rings is 1. The lowest BCUT2D eigenvalue weighted by atomic mass is 10.2. The van der Waals surface area contributed by atoms with Gasteiger partial charge in [-0.3, -0.25) is 14.6 Å². The van der Waals surface area contributed by atoms with Crippen molar-refractivity contribution in [3.8, 4) is 11.5 Å². The first kappa shape index (κ1) is 20.6. The van der Waals surface area contributed by atoms with E-state index in [9.17, 15) is 4.79 Å². The molecule has 2 fully saturated rings. The predicted octanol–water partition coefficient (Wildman–Crippen LogP) is 3.00. The first-order valence-electron chi connectivity index (χ1n) is 8.50. The molecular weight excluding hydrogens is 452 g/mol. The molecule has 2 heterocycles. The van der Waals surface area contributed by atoms with E-state index in [1.165, 1.54) is 11.8 Å². The van der Waals surface area contributed by atoms with Gasteiger partial charge in [-0.25, -0.2) is 0 Å². The van der Waals surface area contributed by atoms with Gasteiger partial charge in [0.15, 0.2) is 11.5 Å². The minimum atomic E-state index is -0.0556. The van der Waals surface area contributed by atoms with Crippen LogP contribution in [0.4, 0.5) is 0 Å². The molecule has 2 saturated heterocycles. The van der Waals surface area contributed by atoms with Crippen LogP contribution in [0.2, 0.25) is 0 Å². The van der Waals surface area contributed by atoms with Crippen LogP contribution in [0.15, 0.2) is 21.5 Å². The van der Waals surface area contributed by atoms with Crippen molar-refractivity contribution in [2.75, 3.05) is 53.6 Å². The van der Waals surface area contributed by atoms with E-state index >= 15 is 0 Å². The molecule has 1 aromatic rings. The topological polar surface area (TPSA) is 51.2 Å². The highest BCUT2D eigenvalue weighted by atomic mass is 79.9. The van der Waals surface area contributed by atoms with Gasteiger partial charge in [0.1, 0.15) is 4.32 Å². The summed E-state index contributed by atoms with van der Waals surface area (Å²) in [7, 11) is 3.17. The van der Waals surface area contributed by atoms with Crippen molar-refractivity contribution >= 4 is 56.2 Å². The van der Waals surface area contributed by atoms with Crippen molar-refractivity contribution in [2.24, 2.45) is 0 Å². The summed E-state index contributed by atoms with van der Waals surface area (Å²) in [5.74, 6) is 1.18. The second kappa shape index (κ2) is 9.38. The Kier molecular flexibility index (Phi) is 7.16. The first-order chi connectivity index (χ1) is 13.0. The zero-order valence-electron chi connectivity index (χ0n) is 15.2. The fourth-order valence-electron chi connectivity index (χ4n) is 2.88. The lowest BCUT2D eigenvalue weighted by Gasteiger charge is -2.28. The van der Waals surface area contributed by atoms with Gasteiger partial charge < -0.3 is 14.2 Å². The molecule has 0 aromatic heterocycles. The maximum Gasteiger partial charge on any atom is 0.266 e. The van der Waals surface area contributed by atoms with E-state index in [1.54, 1.807) is 19.1 Å². The van der Waals surface area contributed by atoms with Crippen LogP contribution < -0.4 is 9.47 Å². The zero-order chi connectivity index (χ0) is 19.4. The summed E-state index contributed by atoms with van der Waals surface area (Å²) in [6.07, 6.45) is 1.83. The third-order valence-electron chi connectivity index (χ3n) is 4.41. The van der Waals surface area contributed by atoms with Gasteiger partial charge in [-0.2, -0.15) is 0 Å². The van der Waals surface area contributed by atoms with Crippen molar-refractivity contribution in [3.63, 3.8) is 0 Å². The monoisotopic (exact) mass is 472 g/mol. The fraction of sp³-hybridized carbons (Fsp3) is 0.444. The smallest absolute Gasteiger partial charge is 0.266 e. The maximum atomic E-state index is 12.8. The van der Waals surface area contributed by atoms with Crippen molar-refractivity contribution < 1.29 is 19.0 Å². The molecule has 2 aliphatic rings. The molecule has 0 N–H and O–H groups in total. The standard InChI is InChI=1S/C18H21BrN2O4S2/c1-23-14-9-12(13(19)11-15(14)24-2)10-16-17(22)21(18(26)27-16)4-3-20-5-7-25-8-6-20/h9-11H,3-8H2,1-2H3/b16-10-. The maximum absolute atomic E-state index is 12.8. The SMILES string of the molecule is COc1cc(Br)c(/C=C2\SC(=S)N(CCN3CCOCC3)C2=O)cc1OC. The highest BCUT2D eigenvalue weighted by molar-refractivity contribution is 9.10. The molecule has 0 unspecified atom stereocenters. The Bertz CT molecular complexity index is 766. The third-order valence-corrected chi connectivity index (χ3v) is 6.47. The summed E-state index contributed by atoms with van der Waals surface area (Å²) in [5.41, 5.74) is 0.835. The van der Waals surface area contributed by atoms with Gasteiger partial charge in [0.25, 0.3) is 5.91 Å². The highest BCUT2D eigenvalue weighted by Gasteiger charge is 2.32. The lowest BCUT2D eigenvalue weighted by Crippen LogP contribution is -2.42. The Morgan fingerprint density at radius 1 is 1.22 bits per heavy atom. The van der Waals surface area contributed by atoms with E-state index in [2.05, 4.69) is 20.8 Å². The highest BCUT2D eigenvalue weighted by Crippen LogP contribution is 2.37.